The van der Waals surface area contributed by atoms with Crippen molar-refractivity contribution in [3.8, 4) is 0 Å². The van der Waals surface area contributed by atoms with E-state index in [2.05, 4.69) is 29.7 Å². The molecule has 3 unspecified atom stereocenters. The van der Waals surface area contributed by atoms with Crippen LogP contribution in [-0.2, 0) is 16.4 Å². The monoisotopic (exact) mass is 492 g/mol. The first-order valence-electron chi connectivity index (χ1n) is 13.2. The van der Waals surface area contributed by atoms with Crippen molar-refractivity contribution < 1.29 is 12.8 Å². The van der Waals surface area contributed by atoms with Crippen molar-refractivity contribution in [3.63, 3.8) is 0 Å². The van der Waals surface area contributed by atoms with Crippen molar-refractivity contribution in [1.29, 1.82) is 0 Å². The molecule has 4 aliphatic rings. The zero-order valence-corrected chi connectivity index (χ0v) is 21.5. The highest BCUT2D eigenvalue weighted by molar-refractivity contribution is 7.89. The average molecular weight is 493 g/mol. The minimum Gasteiger partial charge on any atom is -0.464 e. The Kier molecular flexibility index (Phi) is 5.82. The van der Waals surface area contributed by atoms with E-state index in [4.69, 9.17) is 4.42 Å². The van der Waals surface area contributed by atoms with Gasteiger partial charge in [0.1, 0.15) is 11.5 Å². The van der Waals surface area contributed by atoms with Gasteiger partial charge < -0.3 is 4.42 Å². The van der Waals surface area contributed by atoms with Crippen LogP contribution >= 0.6 is 0 Å². The Balaban J connectivity index is 1.40. The summed E-state index contributed by atoms with van der Waals surface area (Å²) in [5.41, 5.74) is 2.27. The fourth-order valence-electron chi connectivity index (χ4n) is 7.25. The molecule has 0 saturated carbocycles. The lowest BCUT2D eigenvalue weighted by Gasteiger charge is -2.45. The largest absolute Gasteiger partial charge is 0.464 e. The lowest BCUT2D eigenvalue weighted by Crippen LogP contribution is -2.49. The number of benzene rings is 1. The van der Waals surface area contributed by atoms with Crippen molar-refractivity contribution in [3.05, 3.63) is 77.8 Å². The van der Waals surface area contributed by atoms with E-state index in [1.165, 1.54) is 18.4 Å². The molecule has 1 spiro atoms. The minimum atomic E-state index is -3.54. The molecule has 2 aromatic rings. The number of nitrogens with zero attached hydrogens (tertiary/aromatic N) is 2. The standard InChI is InChI=1S/C29H36N2O3S/c1-3-4-10-23-18-25-26-15-17-30(35(32,33)24-13-11-21(2)12-14-24)20-29(26)19-22-9-7-5-6-8-16-31(22)28(29)27(25)34-23/h3,7,9,11-14,18,22,26,28H,1,4-6,8,10,15-17,19-20H2,2H3/b9-7-/t22?,26-,28?,29?/m1/s1. The zero-order chi connectivity index (χ0) is 24.2. The molecule has 2 fully saturated rings. The number of sulfonamides is 1. The van der Waals surface area contributed by atoms with Gasteiger partial charge in [0.15, 0.2) is 0 Å². The van der Waals surface area contributed by atoms with Crippen molar-refractivity contribution in [2.45, 2.75) is 74.8 Å². The van der Waals surface area contributed by atoms with E-state index in [0.717, 1.165) is 55.7 Å². The van der Waals surface area contributed by atoms with Crippen LogP contribution in [0.1, 0.15) is 73.1 Å². The molecule has 0 N–H and O–H groups in total. The van der Waals surface area contributed by atoms with Crippen molar-refractivity contribution in [2.75, 3.05) is 19.6 Å². The number of allylic oxidation sites excluding steroid dienone is 2. The van der Waals surface area contributed by atoms with E-state index in [1.54, 1.807) is 16.4 Å². The van der Waals surface area contributed by atoms with Gasteiger partial charge in [0, 0.05) is 31.0 Å². The number of hydrogen-bond acceptors (Lipinski definition) is 4. The summed E-state index contributed by atoms with van der Waals surface area (Å²) in [7, 11) is -3.54. The smallest absolute Gasteiger partial charge is 0.243 e. The summed E-state index contributed by atoms with van der Waals surface area (Å²) in [4.78, 5) is 3.04. The van der Waals surface area contributed by atoms with E-state index in [0.29, 0.717) is 29.9 Å². The molecule has 6 rings (SSSR count). The Morgan fingerprint density at radius 3 is 2.83 bits per heavy atom. The highest BCUT2D eigenvalue weighted by atomic mass is 32.2. The maximum absolute atomic E-state index is 13.7. The van der Waals surface area contributed by atoms with E-state index >= 15 is 0 Å². The summed E-state index contributed by atoms with van der Waals surface area (Å²) in [6, 6.07) is 10.1. The summed E-state index contributed by atoms with van der Waals surface area (Å²) in [6.45, 7) is 8.02. The van der Waals surface area contributed by atoms with E-state index in [1.807, 2.05) is 25.1 Å². The number of fused-ring (bicyclic) bond motifs is 5. The van der Waals surface area contributed by atoms with Gasteiger partial charge in [-0.05, 0) is 81.7 Å². The first-order chi connectivity index (χ1) is 16.9. The van der Waals surface area contributed by atoms with Gasteiger partial charge in [0.05, 0.1) is 10.9 Å². The Morgan fingerprint density at radius 1 is 1.20 bits per heavy atom. The number of rotatable bonds is 5. The third kappa shape index (κ3) is 3.68. The molecular formula is C29H36N2O3S. The number of furan rings is 1. The summed E-state index contributed by atoms with van der Waals surface area (Å²) >= 11 is 0. The van der Waals surface area contributed by atoms with Crippen LogP contribution in [0.15, 0.2) is 64.5 Å². The van der Waals surface area contributed by atoms with E-state index in [-0.39, 0.29) is 11.5 Å². The SMILES string of the molecule is C=CCCc1cc2c(o1)C1N3CCCC/C=C\C3CC13CN(S(=O)(=O)c1ccc(C)cc1)CC[C@H]23. The van der Waals surface area contributed by atoms with E-state index in [9.17, 15) is 8.42 Å². The van der Waals surface area contributed by atoms with Gasteiger partial charge in [0.2, 0.25) is 10.0 Å². The summed E-state index contributed by atoms with van der Waals surface area (Å²) in [5.74, 6) is 2.50. The Bertz CT molecular complexity index is 1250. The van der Waals surface area contributed by atoms with Crippen LogP contribution in [0.25, 0.3) is 0 Å². The maximum Gasteiger partial charge on any atom is 0.243 e. The van der Waals surface area contributed by atoms with E-state index < -0.39 is 10.0 Å². The van der Waals surface area contributed by atoms with Crippen molar-refractivity contribution >= 4 is 10.0 Å². The number of aryl methyl sites for hydroxylation is 2. The summed E-state index contributed by atoms with van der Waals surface area (Å²) in [5, 5.41) is 0. The molecular weight excluding hydrogens is 456 g/mol. The third-order valence-corrected chi connectivity index (χ3v) is 10.7. The van der Waals surface area contributed by atoms with Gasteiger partial charge >= 0.3 is 0 Å². The van der Waals surface area contributed by atoms with Gasteiger partial charge in [-0.2, -0.15) is 4.31 Å². The van der Waals surface area contributed by atoms with Gasteiger partial charge in [-0.3, -0.25) is 4.90 Å². The first-order valence-corrected chi connectivity index (χ1v) is 14.6. The van der Waals surface area contributed by atoms with Crippen molar-refractivity contribution in [1.82, 2.24) is 9.21 Å². The predicted molar refractivity (Wildman–Crippen MR) is 138 cm³/mol. The van der Waals surface area contributed by atoms with Gasteiger partial charge in [0.25, 0.3) is 0 Å². The van der Waals surface area contributed by atoms with Gasteiger partial charge in [-0.1, -0.05) is 35.9 Å². The Morgan fingerprint density at radius 2 is 2.03 bits per heavy atom. The lowest BCUT2D eigenvalue weighted by atomic mass is 9.69. The Labute approximate surface area is 209 Å². The summed E-state index contributed by atoms with van der Waals surface area (Å²) < 4.78 is 35.9. The maximum atomic E-state index is 13.7. The topological polar surface area (TPSA) is 53.8 Å². The lowest BCUT2D eigenvalue weighted by molar-refractivity contribution is 0.0706. The summed E-state index contributed by atoms with van der Waals surface area (Å²) in [6.07, 6.45) is 13.8. The highest BCUT2D eigenvalue weighted by Crippen LogP contribution is 2.67. The molecule has 1 aromatic heterocycles. The molecule has 0 amide bonds. The second-order valence-corrected chi connectivity index (χ2v) is 12.9. The van der Waals surface area contributed by atoms with Crippen LogP contribution in [0.5, 0.6) is 0 Å². The molecule has 6 heteroatoms. The molecule has 1 aromatic carbocycles. The average Bonchev–Trinajstić information content (AvgIpc) is 3.43. The third-order valence-electron chi connectivity index (χ3n) is 8.84. The molecule has 5 nitrogen and oxygen atoms in total. The van der Waals surface area contributed by atoms with Crippen molar-refractivity contribution in [2.24, 2.45) is 5.41 Å². The normalized spacial score (nSPS) is 31.6. The number of hydrogen-bond donors (Lipinski definition) is 0. The van der Waals surface area contributed by atoms with Gasteiger partial charge in [-0.15, -0.1) is 6.58 Å². The fourth-order valence-corrected chi connectivity index (χ4v) is 8.79. The molecule has 4 heterocycles. The molecule has 186 valence electrons. The second kappa shape index (κ2) is 8.75. The minimum absolute atomic E-state index is 0.138. The molecule has 0 radical (unpaired) electrons. The highest BCUT2D eigenvalue weighted by Gasteiger charge is 2.65. The first kappa shape index (κ1) is 23.3. The van der Waals surface area contributed by atoms with Crippen LogP contribution in [-0.4, -0.2) is 43.3 Å². The quantitative estimate of drug-likeness (QED) is 0.500. The van der Waals surface area contributed by atoms with Crippen LogP contribution in [0.4, 0.5) is 0 Å². The van der Waals surface area contributed by atoms with Crippen LogP contribution < -0.4 is 0 Å². The Hall–Kier alpha value is -2.15. The van der Waals surface area contributed by atoms with Gasteiger partial charge in [-0.25, -0.2) is 8.42 Å². The van der Waals surface area contributed by atoms with Crippen LogP contribution in [0.3, 0.4) is 0 Å². The van der Waals surface area contributed by atoms with Crippen LogP contribution in [0.2, 0.25) is 0 Å². The molecule has 35 heavy (non-hydrogen) atoms. The molecule has 1 aliphatic carbocycles. The second-order valence-electron chi connectivity index (χ2n) is 10.9. The molecule has 4 atom stereocenters. The zero-order valence-electron chi connectivity index (χ0n) is 20.7. The number of piperidine rings is 1. The predicted octanol–water partition coefficient (Wildman–Crippen LogP) is 5.74. The molecule has 3 aliphatic heterocycles. The fraction of sp³-hybridized carbons (Fsp3) is 0.517. The molecule has 2 saturated heterocycles. The molecule has 0 bridgehead atoms. The van der Waals surface area contributed by atoms with Crippen LogP contribution in [0, 0.1) is 12.3 Å².